The first-order valence-electron chi connectivity index (χ1n) is 5.01. The van der Waals surface area contributed by atoms with Crippen LogP contribution in [0.4, 0.5) is 0 Å². The maximum Gasteiger partial charge on any atom is 0.0419 e. The van der Waals surface area contributed by atoms with Crippen molar-refractivity contribution in [2.24, 2.45) is 11.5 Å². The molecular formula is C12H20N2. The Morgan fingerprint density at radius 1 is 1.14 bits per heavy atom. The van der Waals surface area contributed by atoms with Crippen LogP contribution in [-0.4, -0.2) is 6.54 Å². The number of hydrogen-bond acceptors (Lipinski definition) is 2. The zero-order valence-electron chi connectivity index (χ0n) is 9.25. The van der Waals surface area contributed by atoms with Gasteiger partial charge in [0.15, 0.2) is 0 Å². The molecule has 0 spiro atoms. The van der Waals surface area contributed by atoms with Gasteiger partial charge in [0.25, 0.3) is 0 Å². The quantitative estimate of drug-likeness (QED) is 0.752. The number of benzene rings is 1. The molecule has 0 aliphatic heterocycles. The highest BCUT2D eigenvalue weighted by atomic mass is 14.7. The van der Waals surface area contributed by atoms with Crippen molar-refractivity contribution in [1.82, 2.24) is 0 Å². The molecule has 0 unspecified atom stereocenters. The molecule has 0 saturated heterocycles. The molecule has 1 rings (SSSR count). The lowest BCUT2D eigenvalue weighted by molar-refractivity contribution is 0.589. The highest BCUT2D eigenvalue weighted by Crippen LogP contribution is 2.23. The van der Waals surface area contributed by atoms with Crippen molar-refractivity contribution >= 4 is 0 Å². The van der Waals surface area contributed by atoms with Crippen molar-refractivity contribution in [1.29, 1.82) is 0 Å². The molecule has 0 bridgehead atoms. The van der Waals surface area contributed by atoms with Crippen LogP contribution in [0.2, 0.25) is 0 Å². The summed E-state index contributed by atoms with van der Waals surface area (Å²) in [5.74, 6) is 0. The minimum Gasteiger partial charge on any atom is -0.329 e. The van der Waals surface area contributed by atoms with E-state index in [-0.39, 0.29) is 11.5 Å². The van der Waals surface area contributed by atoms with Crippen molar-refractivity contribution < 1.29 is 0 Å². The Balaban J connectivity index is 2.89. The van der Waals surface area contributed by atoms with Gasteiger partial charge < -0.3 is 11.5 Å². The molecule has 0 fully saturated rings. The Kier molecular flexibility index (Phi) is 3.29. The summed E-state index contributed by atoms with van der Waals surface area (Å²) in [7, 11) is 0. The lowest BCUT2D eigenvalue weighted by Crippen LogP contribution is -2.21. The molecule has 0 amide bonds. The van der Waals surface area contributed by atoms with Gasteiger partial charge >= 0.3 is 0 Å². The fraction of sp³-hybridized carbons (Fsp3) is 0.500. The van der Waals surface area contributed by atoms with E-state index in [0.29, 0.717) is 6.54 Å². The van der Waals surface area contributed by atoms with E-state index in [4.69, 9.17) is 11.5 Å². The molecule has 1 atom stereocenters. The van der Waals surface area contributed by atoms with E-state index in [1.807, 2.05) is 0 Å². The van der Waals surface area contributed by atoms with Gasteiger partial charge in [-0.15, -0.1) is 0 Å². The Morgan fingerprint density at radius 3 is 2.00 bits per heavy atom. The summed E-state index contributed by atoms with van der Waals surface area (Å²) in [5.41, 5.74) is 14.0. The topological polar surface area (TPSA) is 52.0 Å². The molecule has 2 heteroatoms. The van der Waals surface area contributed by atoms with Crippen LogP contribution < -0.4 is 11.5 Å². The Morgan fingerprint density at radius 2 is 1.64 bits per heavy atom. The van der Waals surface area contributed by atoms with Crippen molar-refractivity contribution in [2.45, 2.75) is 32.2 Å². The Hall–Kier alpha value is -0.860. The predicted molar refractivity (Wildman–Crippen MR) is 61.1 cm³/mol. The molecule has 0 aromatic heterocycles. The third-order valence-corrected chi connectivity index (χ3v) is 2.46. The van der Waals surface area contributed by atoms with Crippen molar-refractivity contribution in [2.75, 3.05) is 6.54 Å². The lowest BCUT2D eigenvalue weighted by Gasteiger charge is -2.20. The van der Waals surface area contributed by atoms with Crippen LogP contribution in [0.1, 0.15) is 37.9 Å². The number of rotatable bonds is 2. The van der Waals surface area contributed by atoms with Crippen molar-refractivity contribution in [3.63, 3.8) is 0 Å². The minimum absolute atomic E-state index is 0.0379. The summed E-state index contributed by atoms with van der Waals surface area (Å²) in [6.45, 7) is 7.09. The van der Waals surface area contributed by atoms with Crippen LogP contribution in [0.3, 0.4) is 0 Å². The summed E-state index contributed by atoms with van der Waals surface area (Å²) >= 11 is 0. The molecule has 78 valence electrons. The van der Waals surface area contributed by atoms with Crippen LogP contribution in [0, 0.1) is 0 Å². The average Bonchev–Trinajstić information content (AvgIpc) is 2.15. The van der Waals surface area contributed by atoms with E-state index >= 15 is 0 Å². The smallest absolute Gasteiger partial charge is 0.0419 e. The van der Waals surface area contributed by atoms with E-state index < -0.39 is 0 Å². The predicted octanol–water partition coefficient (Wildman–Crippen LogP) is 1.94. The summed E-state index contributed by atoms with van der Waals surface area (Å²) in [6.07, 6.45) is 0. The maximum atomic E-state index is 5.83. The van der Waals surface area contributed by atoms with Gasteiger partial charge in [-0.3, -0.25) is 0 Å². The summed E-state index contributed by atoms with van der Waals surface area (Å²) in [4.78, 5) is 0. The van der Waals surface area contributed by atoms with Gasteiger partial charge in [0, 0.05) is 12.6 Å². The van der Waals surface area contributed by atoms with Crippen LogP contribution in [0.5, 0.6) is 0 Å². The lowest BCUT2D eigenvalue weighted by atomic mass is 9.86. The molecule has 0 aliphatic rings. The third kappa shape index (κ3) is 2.56. The van der Waals surface area contributed by atoms with Gasteiger partial charge in [-0.25, -0.2) is 0 Å². The first-order valence-corrected chi connectivity index (χ1v) is 5.01. The largest absolute Gasteiger partial charge is 0.329 e. The van der Waals surface area contributed by atoms with Crippen LogP contribution in [0.25, 0.3) is 0 Å². The maximum absolute atomic E-state index is 5.83. The van der Waals surface area contributed by atoms with E-state index in [1.165, 1.54) is 5.56 Å². The SMILES string of the molecule is CC(C)(C)c1ccc([C@H](N)CN)cc1. The Labute approximate surface area is 86.3 Å². The molecule has 0 aliphatic carbocycles. The molecule has 14 heavy (non-hydrogen) atoms. The molecule has 0 radical (unpaired) electrons. The van der Waals surface area contributed by atoms with Gasteiger partial charge in [0.1, 0.15) is 0 Å². The van der Waals surface area contributed by atoms with Crippen molar-refractivity contribution in [3.05, 3.63) is 35.4 Å². The highest BCUT2D eigenvalue weighted by Gasteiger charge is 2.13. The number of nitrogens with two attached hydrogens (primary N) is 2. The fourth-order valence-electron chi connectivity index (χ4n) is 1.37. The summed E-state index contributed by atoms with van der Waals surface area (Å²) in [6, 6.07) is 8.36. The average molecular weight is 192 g/mol. The van der Waals surface area contributed by atoms with Gasteiger partial charge in [-0.1, -0.05) is 45.0 Å². The summed E-state index contributed by atoms with van der Waals surface area (Å²) < 4.78 is 0. The second-order valence-corrected chi connectivity index (χ2v) is 4.71. The zero-order valence-corrected chi connectivity index (χ0v) is 9.25. The normalized spacial score (nSPS) is 14.1. The van der Waals surface area contributed by atoms with E-state index in [0.717, 1.165) is 5.56 Å². The molecule has 1 aromatic carbocycles. The van der Waals surface area contributed by atoms with Crippen LogP contribution in [0.15, 0.2) is 24.3 Å². The first kappa shape index (κ1) is 11.2. The Bertz CT molecular complexity index is 282. The highest BCUT2D eigenvalue weighted by molar-refractivity contribution is 5.29. The molecule has 0 saturated carbocycles. The molecule has 1 aromatic rings. The monoisotopic (exact) mass is 192 g/mol. The molecule has 0 heterocycles. The summed E-state index contributed by atoms with van der Waals surface area (Å²) in [5, 5.41) is 0. The molecule has 2 nitrogen and oxygen atoms in total. The van der Waals surface area contributed by atoms with Gasteiger partial charge in [-0.05, 0) is 16.5 Å². The van der Waals surface area contributed by atoms with Crippen LogP contribution >= 0.6 is 0 Å². The fourth-order valence-corrected chi connectivity index (χ4v) is 1.37. The van der Waals surface area contributed by atoms with Crippen molar-refractivity contribution in [3.8, 4) is 0 Å². The minimum atomic E-state index is -0.0379. The van der Waals surface area contributed by atoms with E-state index in [9.17, 15) is 0 Å². The van der Waals surface area contributed by atoms with Gasteiger partial charge in [-0.2, -0.15) is 0 Å². The molecular weight excluding hydrogens is 172 g/mol. The van der Waals surface area contributed by atoms with Gasteiger partial charge in [0.05, 0.1) is 0 Å². The second kappa shape index (κ2) is 4.11. The number of hydrogen-bond donors (Lipinski definition) is 2. The zero-order chi connectivity index (χ0) is 10.8. The third-order valence-electron chi connectivity index (χ3n) is 2.46. The van der Waals surface area contributed by atoms with Crippen LogP contribution in [-0.2, 0) is 5.41 Å². The van der Waals surface area contributed by atoms with E-state index in [2.05, 4.69) is 45.0 Å². The first-order chi connectivity index (χ1) is 6.45. The van der Waals surface area contributed by atoms with E-state index in [1.54, 1.807) is 0 Å². The molecule has 4 N–H and O–H groups in total. The standard InChI is InChI=1S/C12H20N2/c1-12(2,3)10-6-4-9(5-7-10)11(14)8-13/h4-7,11H,8,13-14H2,1-3H3/t11-/m1/s1. The van der Waals surface area contributed by atoms with Gasteiger partial charge in [0.2, 0.25) is 0 Å². The second-order valence-electron chi connectivity index (χ2n) is 4.71.